The molecule has 16 heavy (non-hydrogen) atoms. The number of hydrogen-bond donors (Lipinski definition) is 1. The van der Waals surface area contributed by atoms with Crippen LogP contribution in [0.2, 0.25) is 0 Å². The molecule has 0 bridgehead atoms. The summed E-state index contributed by atoms with van der Waals surface area (Å²) in [6.45, 7) is 0. The molecule has 0 spiro atoms. The van der Waals surface area contributed by atoms with Crippen LogP contribution < -0.4 is 5.73 Å². The van der Waals surface area contributed by atoms with Crippen molar-refractivity contribution < 1.29 is 17.9 Å². The Hall–Kier alpha value is -1.56. The summed E-state index contributed by atoms with van der Waals surface area (Å²) in [6.07, 6.45) is 0. The van der Waals surface area contributed by atoms with Crippen molar-refractivity contribution in [3.8, 4) is 0 Å². The molecular weight excluding hydrogens is 230 g/mol. The SMILES string of the molecule is COC(=O)CS(=O)(=O)Cc1ccccc1N. The molecule has 0 heterocycles. The number of methoxy groups -OCH3 is 1. The van der Waals surface area contributed by atoms with Crippen molar-refractivity contribution in [1.29, 1.82) is 0 Å². The highest BCUT2D eigenvalue weighted by Gasteiger charge is 2.18. The fourth-order valence-electron chi connectivity index (χ4n) is 1.19. The third kappa shape index (κ3) is 3.54. The molecule has 0 amide bonds. The first kappa shape index (κ1) is 12.5. The van der Waals surface area contributed by atoms with Crippen molar-refractivity contribution in [2.45, 2.75) is 5.75 Å². The van der Waals surface area contributed by atoms with Gasteiger partial charge in [-0.05, 0) is 11.6 Å². The number of nitrogens with two attached hydrogens (primary N) is 1. The van der Waals surface area contributed by atoms with E-state index >= 15 is 0 Å². The van der Waals surface area contributed by atoms with Gasteiger partial charge in [0.25, 0.3) is 0 Å². The number of carbonyl (C=O) groups excluding carboxylic acids is 1. The lowest BCUT2D eigenvalue weighted by molar-refractivity contribution is -0.137. The predicted octanol–water partition coefficient (Wildman–Crippen LogP) is 0.357. The number of para-hydroxylation sites is 1. The Morgan fingerprint density at radius 3 is 2.56 bits per heavy atom. The molecule has 0 fully saturated rings. The molecule has 0 saturated heterocycles. The summed E-state index contributed by atoms with van der Waals surface area (Å²) in [5.41, 5.74) is 6.50. The number of hydrogen-bond acceptors (Lipinski definition) is 5. The normalized spacial score (nSPS) is 11.1. The minimum Gasteiger partial charge on any atom is -0.468 e. The van der Waals surface area contributed by atoms with E-state index in [-0.39, 0.29) is 5.75 Å². The Labute approximate surface area is 94.1 Å². The second-order valence-electron chi connectivity index (χ2n) is 3.31. The first-order valence-electron chi connectivity index (χ1n) is 4.55. The van der Waals surface area contributed by atoms with Gasteiger partial charge in [0, 0.05) is 5.69 Å². The Balaban J connectivity index is 2.81. The summed E-state index contributed by atoms with van der Waals surface area (Å²) in [4.78, 5) is 10.9. The van der Waals surface area contributed by atoms with Gasteiger partial charge in [-0.25, -0.2) is 8.42 Å². The fourth-order valence-corrected chi connectivity index (χ4v) is 2.51. The number of sulfone groups is 1. The zero-order chi connectivity index (χ0) is 12.2. The number of benzene rings is 1. The molecule has 6 heteroatoms. The van der Waals surface area contributed by atoms with E-state index in [9.17, 15) is 13.2 Å². The lowest BCUT2D eigenvalue weighted by Gasteiger charge is -2.05. The van der Waals surface area contributed by atoms with Gasteiger partial charge in [-0.3, -0.25) is 4.79 Å². The fraction of sp³-hybridized carbons (Fsp3) is 0.300. The lowest BCUT2D eigenvalue weighted by atomic mass is 10.2. The first-order valence-corrected chi connectivity index (χ1v) is 6.37. The molecular formula is C10H13NO4S. The van der Waals surface area contributed by atoms with Crippen molar-refractivity contribution in [2.24, 2.45) is 0 Å². The van der Waals surface area contributed by atoms with Crippen LogP contribution in [0.25, 0.3) is 0 Å². The van der Waals surface area contributed by atoms with E-state index in [1.54, 1.807) is 24.3 Å². The van der Waals surface area contributed by atoms with Crippen LogP contribution in [-0.4, -0.2) is 27.2 Å². The van der Waals surface area contributed by atoms with Gasteiger partial charge in [-0.2, -0.15) is 0 Å². The summed E-state index contributed by atoms with van der Waals surface area (Å²) in [6, 6.07) is 6.64. The van der Waals surface area contributed by atoms with Crippen LogP contribution >= 0.6 is 0 Å². The first-order chi connectivity index (χ1) is 7.44. The molecule has 0 atom stereocenters. The van der Waals surface area contributed by atoms with Crippen LogP contribution in [0.15, 0.2) is 24.3 Å². The van der Waals surface area contributed by atoms with Gasteiger partial charge in [0.05, 0.1) is 12.9 Å². The molecule has 0 aliphatic carbocycles. The molecule has 1 rings (SSSR count). The van der Waals surface area contributed by atoms with E-state index in [2.05, 4.69) is 4.74 Å². The van der Waals surface area contributed by atoms with Crippen LogP contribution in [0, 0.1) is 0 Å². The van der Waals surface area contributed by atoms with Gasteiger partial charge < -0.3 is 10.5 Å². The number of carbonyl (C=O) groups is 1. The van der Waals surface area contributed by atoms with Crippen molar-refractivity contribution in [3.05, 3.63) is 29.8 Å². The molecule has 5 nitrogen and oxygen atoms in total. The van der Waals surface area contributed by atoms with Crippen LogP contribution in [-0.2, 0) is 25.1 Å². The smallest absolute Gasteiger partial charge is 0.320 e. The van der Waals surface area contributed by atoms with Crippen LogP contribution in [0.4, 0.5) is 5.69 Å². The molecule has 0 saturated carbocycles. The third-order valence-electron chi connectivity index (χ3n) is 2.00. The molecule has 0 aliphatic heterocycles. The van der Waals surface area contributed by atoms with Gasteiger partial charge in [0.15, 0.2) is 9.84 Å². The van der Waals surface area contributed by atoms with E-state index in [1.807, 2.05) is 0 Å². The minimum atomic E-state index is -3.52. The number of anilines is 1. The third-order valence-corrected chi connectivity index (χ3v) is 3.42. The zero-order valence-electron chi connectivity index (χ0n) is 8.84. The van der Waals surface area contributed by atoms with Gasteiger partial charge >= 0.3 is 5.97 Å². The van der Waals surface area contributed by atoms with Gasteiger partial charge in [-0.15, -0.1) is 0 Å². The summed E-state index contributed by atoms with van der Waals surface area (Å²) in [5, 5.41) is 0. The maximum Gasteiger partial charge on any atom is 0.320 e. The van der Waals surface area contributed by atoms with Crippen molar-refractivity contribution in [2.75, 3.05) is 18.6 Å². The van der Waals surface area contributed by atoms with Gasteiger partial charge in [0.2, 0.25) is 0 Å². The quantitative estimate of drug-likeness (QED) is 0.609. The average molecular weight is 243 g/mol. The molecule has 1 aromatic rings. The lowest BCUT2D eigenvalue weighted by Crippen LogP contribution is -2.19. The standard InChI is InChI=1S/C10H13NO4S/c1-15-10(12)7-16(13,14)6-8-4-2-3-5-9(8)11/h2-5H,6-7,11H2,1H3. The number of nitrogen functional groups attached to an aromatic ring is 1. The second kappa shape index (κ2) is 4.98. The van der Waals surface area contributed by atoms with Crippen molar-refractivity contribution in [1.82, 2.24) is 0 Å². The van der Waals surface area contributed by atoms with E-state index < -0.39 is 21.6 Å². The average Bonchev–Trinajstić information content (AvgIpc) is 2.20. The second-order valence-corrected chi connectivity index (χ2v) is 5.37. The van der Waals surface area contributed by atoms with Crippen LogP contribution in [0.1, 0.15) is 5.56 Å². The molecule has 1 aromatic carbocycles. The Morgan fingerprint density at radius 2 is 2.00 bits per heavy atom. The Kier molecular flexibility index (Phi) is 3.89. The molecule has 0 aromatic heterocycles. The van der Waals surface area contributed by atoms with Gasteiger partial charge in [-0.1, -0.05) is 18.2 Å². The van der Waals surface area contributed by atoms with Gasteiger partial charge in [0.1, 0.15) is 5.75 Å². The summed E-state index contributed by atoms with van der Waals surface area (Å²) >= 11 is 0. The van der Waals surface area contributed by atoms with E-state index in [1.165, 1.54) is 0 Å². The number of ether oxygens (including phenoxy) is 1. The van der Waals surface area contributed by atoms with Crippen molar-refractivity contribution >= 4 is 21.5 Å². The minimum absolute atomic E-state index is 0.255. The topological polar surface area (TPSA) is 86.5 Å². The zero-order valence-corrected chi connectivity index (χ0v) is 9.66. The molecule has 2 N–H and O–H groups in total. The summed E-state index contributed by atoms with van der Waals surface area (Å²) in [7, 11) is -2.38. The van der Waals surface area contributed by atoms with Crippen LogP contribution in [0.5, 0.6) is 0 Å². The number of rotatable bonds is 4. The van der Waals surface area contributed by atoms with E-state index in [0.29, 0.717) is 11.3 Å². The van der Waals surface area contributed by atoms with E-state index in [0.717, 1.165) is 7.11 Å². The highest BCUT2D eigenvalue weighted by molar-refractivity contribution is 7.91. The molecule has 0 radical (unpaired) electrons. The summed E-state index contributed by atoms with van der Waals surface area (Å²) in [5.74, 6) is -1.65. The Morgan fingerprint density at radius 1 is 1.38 bits per heavy atom. The molecule has 88 valence electrons. The summed E-state index contributed by atoms with van der Waals surface area (Å²) < 4.78 is 27.4. The highest BCUT2D eigenvalue weighted by atomic mass is 32.2. The molecule has 0 aliphatic rings. The van der Waals surface area contributed by atoms with Crippen LogP contribution in [0.3, 0.4) is 0 Å². The van der Waals surface area contributed by atoms with E-state index in [4.69, 9.17) is 5.73 Å². The monoisotopic (exact) mass is 243 g/mol. The maximum atomic E-state index is 11.6. The largest absolute Gasteiger partial charge is 0.468 e. The molecule has 0 unspecified atom stereocenters. The predicted molar refractivity (Wildman–Crippen MR) is 60.4 cm³/mol. The number of esters is 1. The maximum absolute atomic E-state index is 11.6. The highest BCUT2D eigenvalue weighted by Crippen LogP contribution is 2.14. The Bertz CT molecular complexity index is 481. The van der Waals surface area contributed by atoms with Crippen molar-refractivity contribution in [3.63, 3.8) is 0 Å².